The van der Waals surface area contributed by atoms with Crippen molar-refractivity contribution in [2.75, 3.05) is 27.2 Å². The van der Waals surface area contributed by atoms with Crippen molar-refractivity contribution in [1.82, 2.24) is 20.0 Å². The van der Waals surface area contributed by atoms with Crippen molar-refractivity contribution in [3.05, 3.63) is 47.0 Å². The van der Waals surface area contributed by atoms with Gasteiger partial charge in [0.15, 0.2) is 0 Å². The fraction of sp³-hybridized carbons (Fsp3) is 0.333. The molecule has 1 aromatic carbocycles. The van der Waals surface area contributed by atoms with Crippen molar-refractivity contribution in [1.29, 1.82) is 0 Å². The second-order valence-corrected chi connectivity index (χ2v) is 7.11. The van der Waals surface area contributed by atoms with Crippen LogP contribution in [0, 0.1) is 6.92 Å². The Balaban J connectivity index is 1.80. The van der Waals surface area contributed by atoms with Crippen LogP contribution >= 0.6 is 11.3 Å². The number of benzene rings is 1. The number of carbonyl (C=O) groups is 1. The highest BCUT2D eigenvalue weighted by atomic mass is 32.1. The Morgan fingerprint density at radius 3 is 2.75 bits per heavy atom. The Kier molecular flexibility index (Phi) is 4.97. The van der Waals surface area contributed by atoms with E-state index >= 15 is 0 Å². The molecular formula is C18H22N4OS. The molecule has 0 fully saturated rings. The molecule has 0 saturated carbocycles. The smallest absolute Gasteiger partial charge is 0.261 e. The van der Waals surface area contributed by atoms with Crippen LogP contribution in [-0.4, -0.2) is 47.8 Å². The van der Waals surface area contributed by atoms with Crippen LogP contribution in [-0.2, 0) is 0 Å². The van der Waals surface area contributed by atoms with E-state index in [1.54, 1.807) is 0 Å². The van der Waals surface area contributed by atoms with E-state index in [-0.39, 0.29) is 5.91 Å². The van der Waals surface area contributed by atoms with Gasteiger partial charge in [-0.1, -0.05) is 18.2 Å². The Morgan fingerprint density at radius 2 is 2.04 bits per heavy atom. The third-order valence-electron chi connectivity index (χ3n) is 3.84. The first-order chi connectivity index (χ1) is 11.6. The fourth-order valence-corrected chi connectivity index (χ4v) is 3.69. The molecule has 0 aliphatic carbocycles. The number of hydrogen-bond donors (Lipinski definition) is 1. The normalized spacial score (nSPS) is 11.3. The van der Waals surface area contributed by atoms with Crippen molar-refractivity contribution in [2.24, 2.45) is 0 Å². The average molecular weight is 342 g/mol. The van der Waals surface area contributed by atoms with Crippen LogP contribution in [0.15, 0.2) is 36.4 Å². The molecule has 2 aromatic heterocycles. The molecule has 6 heteroatoms. The SMILES string of the molecule is Cc1nn(-c2ccccc2)c2sc(C(=O)NCCCN(C)C)cc12. The van der Waals surface area contributed by atoms with Crippen LogP contribution in [0.25, 0.3) is 15.9 Å². The Bertz CT molecular complexity index is 835. The van der Waals surface area contributed by atoms with E-state index in [0.717, 1.165) is 39.4 Å². The van der Waals surface area contributed by atoms with Crippen molar-refractivity contribution in [2.45, 2.75) is 13.3 Å². The summed E-state index contributed by atoms with van der Waals surface area (Å²) in [6.45, 7) is 3.64. The molecule has 2 heterocycles. The largest absolute Gasteiger partial charge is 0.351 e. The number of nitrogens with zero attached hydrogens (tertiary/aromatic N) is 3. The number of fused-ring (bicyclic) bond motifs is 1. The zero-order valence-corrected chi connectivity index (χ0v) is 15.1. The van der Waals surface area contributed by atoms with E-state index in [1.165, 1.54) is 11.3 Å². The quantitative estimate of drug-likeness (QED) is 0.701. The summed E-state index contributed by atoms with van der Waals surface area (Å²) in [5.74, 6) is -0.00559. The number of amides is 1. The van der Waals surface area contributed by atoms with Gasteiger partial charge < -0.3 is 10.2 Å². The lowest BCUT2D eigenvalue weighted by Crippen LogP contribution is -2.26. The number of aromatic nitrogens is 2. The number of nitrogens with one attached hydrogen (secondary N) is 1. The predicted octanol–water partition coefficient (Wildman–Crippen LogP) is 3.08. The van der Waals surface area contributed by atoms with Gasteiger partial charge in [-0.15, -0.1) is 11.3 Å². The minimum Gasteiger partial charge on any atom is -0.351 e. The molecule has 1 N–H and O–H groups in total. The van der Waals surface area contributed by atoms with Crippen LogP contribution in [0.5, 0.6) is 0 Å². The van der Waals surface area contributed by atoms with Gasteiger partial charge in [-0.25, -0.2) is 4.68 Å². The molecule has 0 spiro atoms. The summed E-state index contributed by atoms with van der Waals surface area (Å²) in [5, 5.41) is 8.65. The monoisotopic (exact) mass is 342 g/mol. The highest BCUT2D eigenvalue weighted by molar-refractivity contribution is 7.20. The maximum absolute atomic E-state index is 12.4. The fourth-order valence-electron chi connectivity index (χ4n) is 2.59. The van der Waals surface area contributed by atoms with E-state index in [2.05, 4.69) is 15.3 Å². The lowest BCUT2D eigenvalue weighted by Gasteiger charge is -2.09. The Morgan fingerprint density at radius 1 is 1.29 bits per heavy atom. The minimum absolute atomic E-state index is 0.00559. The Labute approximate surface area is 145 Å². The number of thiophene rings is 1. The average Bonchev–Trinajstić information content (AvgIpc) is 3.13. The van der Waals surface area contributed by atoms with Gasteiger partial charge in [-0.2, -0.15) is 5.10 Å². The number of rotatable bonds is 6. The molecule has 5 nitrogen and oxygen atoms in total. The van der Waals surface area contributed by atoms with Gasteiger partial charge >= 0.3 is 0 Å². The maximum atomic E-state index is 12.4. The van der Waals surface area contributed by atoms with E-state index in [1.807, 2.05) is 62.1 Å². The Hall–Kier alpha value is -2.18. The highest BCUT2D eigenvalue weighted by Crippen LogP contribution is 2.30. The standard InChI is InChI=1S/C18H22N4OS/c1-13-15-12-16(17(23)19-10-7-11-21(2)3)24-18(15)22(20-13)14-8-5-4-6-9-14/h4-6,8-9,12H,7,10-11H2,1-3H3,(H,19,23). The zero-order chi connectivity index (χ0) is 17.1. The second kappa shape index (κ2) is 7.15. The first-order valence-corrected chi connectivity index (χ1v) is 8.85. The number of aryl methyl sites for hydroxylation is 1. The number of para-hydroxylation sites is 1. The lowest BCUT2D eigenvalue weighted by atomic mass is 10.3. The predicted molar refractivity (Wildman–Crippen MR) is 99.2 cm³/mol. The van der Waals surface area contributed by atoms with Crippen LogP contribution in [0.2, 0.25) is 0 Å². The molecule has 0 saturated heterocycles. The lowest BCUT2D eigenvalue weighted by molar-refractivity contribution is 0.0956. The van der Waals surface area contributed by atoms with E-state index in [9.17, 15) is 4.79 Å². The molecule has 3 rings (SSSR count). The van der Waals surface area contributed by atoms with E-state index in [4.69, 9.17) is 0 Å². The van der Waals surface area contributed by atoms with Gasteiger partial charge in [-0.3, -0.25) is 4.79 Å². The molecule has 3 aromatic rings. The molecule has 0 bridgehead atoms. The molecule has 0 unspecified atom stereocenters. The second-order valence-electron chi connectivity index (χ2n) is 6.07. The number of hydrogen-bond acceptors (Lipinski definition) is 4. The van der Waals surface area contributed by atoms with Crippen LogP contribution < -0.4 is 5.32 Å². The molecule has 0 aliphatic heterocycles. The summed E-state index contributed by atoms with van der Waals surface area (Å²) in [5.41, 5.74) is 1.95. The summed E-state index contributed by atoms with van der Waals surface area (Å²) >= 11 is 1.49. The van der Waals surface area contributed by atoms with Gasteiger partial charge in [0.05, 0.1) is 16.3 Å². The summed E-state index contributed by atoms with van der Waals surface area (Å²) in [4.78, 5) is 16.2. The van der Waals surface area contributed by atoms with Crippen molar-refractivity contribution < 1.29 is 4.79 Å². The van der Waals surface area contributed by atoms with Crippen LogP contribution in [0.1, 0.15) is 21.8 Å². The maximum Gasteiger partial charge on any atom is 0.261 e. The third kappa shape index (κ3) is 3.49. The topological polar surface area (TPSA) is 50.2 Å². The van der Waals surface area contributed by atoms with Crippen molar-refractivity contribution in [3.63, 3.8) is 0 Å². The zero-order valence-electron chi connectivity index (χ0n) is 14.2. The molecule has 1 amide bonds. The van der Waals surface area contributed by atoms with Gasteiger partial charge in [0, 0.05) is 11.9 Å². The van der Waals surface area contributed by atoms with Gasteiger partial charge in [-0.05, 0) is 52.2 Å². The first kappa shape index (κ1) is 16.7. The summed E-state index contributed by atoms with van der Waals surface area (Å²) in [6.07, 6.45) is 0.945. The summed E-state index contributed by atoms with van der Waals surface area (Å²) in [7, 11) is 4.07. The van der Waals surface area contributed by atoms with Gasteiger partial charge in [0.2, 0.25) is 0 Å². The van der Waals surface area contributed by atoms with E-state index in [0.29, 0.717) is 6.54 Å². The molecule has 0 radical (unpaired) electrons. The molecular weight excluding hydrogens is 320 g/mol. The first-order valence-electron chi connectivity index (χ1n) is 8.04. The highest BCUT2D eigenvalue weighted by Gasteiger charge is 2.16. The van der Waals surface area contributed by atoms with Crippen LogP contribution in [0.4, 0.5) is 0 Å². The van der Waals surface area contributed by atoms with Crippen molar-refractivity contribution in [3.8, 4) is 5.69 Å². The summed E-state index contributed by atoms with van der Waals surface area (Å²) in [6, 6.07) is 12.0. The van der Waals surface area contributed by atoms with Crippen LogP contribution in [0.3, 0.4) is 0 Å². The molecule has 126 valence electrons. The third-order valence-corrected chi connectivity index (χ3v) is 4.95. The van der Waals surface area contributed by atoms with E-state index < -0.39 is 0 Å². The number of carbonyl (C=O) groups excluding carboxylic acids is 1. The molecule has 0 atom stereocenters. The summed E-state index contributed by atoms with van der Waals surface area (Å²) < 4.78 is 1.91. The van der Waals surface area contributed by atoms with Gasteiger partial charge in [0.1, 0.15) is 4.83 Å². The molecule has 0 aliphatic rings. The minimum atomic E-state index is -0.00559. The van der Waals surface area contributed by atoms with Crippen molar-refractivity contribution >= 4 is 27.5 Å². The van der Waals surface area contributed by atoms with Gasteiger partial charge in [0.25, 0.3) is 5.91 Å². The molecule has 24 heavy (non-hydrogen) atoms.